The molecule has 0 aromatic heterocycles. The maximum Gasteiger partial charge on any atom is 0.404 e. The van der Waals surface area contributed by atoms with Crippen molar-refractivity contribution in [2.45, 2.75) is 26.4 Å². The van der Waals surface area contributed by atoms with Gasteiger partial charge in [-0.15, -0.1) is 0 Å². The summed E-state index contributed by atoms with van der Waals surface area (Å²) in [5.41, 5.74) is -2.41. The number of rotatable bonds is 5. The van der Waals surface area contributed by atoms with Crippen LogP contribution in [0.1, 0.15) is 20.3 Å². The van der Waals surface area contributed by atoms with Gasteiger partial charge >= 0.3 is 6.18 Å². The SMILES string of the molecule is CCNC(=O)CN(CC)C(=O)C1(C(F)(F)F)CCNC1. The van der Waals surface area contributed by atoms with E-state index < -0.39 is 30.0 Å². The van der Waals surface area contributed by atoms with E-state index in [-0.39, 0.29) is 26.1 Å². The molecule has 1 fully saturated rings. The number of hydrogen-bond donors (Lipinski definition) is 2. The Morgan fingerprint density at radius 3 is 2.40 bits per heavy atom. The van der Waals surface area contributed by atoms with E-state index in [4.69, 9.17) is 0 Å². The first kappa shape index (κ1) is 16.7. The summed E-state index contributed by atoms with van der Waals surface area (Å²) >= 11 is 0. The van der Waals surface area contributed by atoms with Crippen molar-refractivity contribution in [2.24, 2.45) is 5.41 Å². The van der Waals surface area contributed by atoms with Crippen LogP contribution in [-0.2, 0) is 9.59 Å². The highest BCUT2D eigenvalue weighted by Gasteiger charge is 2.62. The fourth-order valence-electron chi connectivity index (χ4n) is 2.29. The Hall–Kier alpha value is -1.31. The second kappa shape index (κ2) is 6.43. The summed E-state index contributed by atoms with van der Waals surface area (Å²) in [6.45, 7) is 3.06. The van der Waals surface area contributed by atoms with Gasteiger partial charge in [0.05, 0.1) is 6.54 Å². The average molecular weight is 295 g/mol. The zero-order valence-corrected chi connectivity index (χ0v) is 11.6. The van der Waals surface area contributed by atoms with E-state index in [1.54, 1.807) is 13.8 Å². The molecule has 1 heterocycles. The van der Waals surface area contributed by atoms with Gasteiger partial charge in [0, 0.05) is 19.6 Å². The third-order valence-electron chi connectivity index (χ3n) is 3.48. The van der Waals surface area contributed by atoms with E-state index >= 15 is 0 Å². The van der Waals surface area contributed by atoms with Gasteiger partial charge in [0.25, 0.3) is 0 Å². The second-order valence-electron chi connectivity index (χ2n) is 4.78. The zero-order chi connectivity index (χ0) is 15.4. The molecule has 0 aliphatic carbocycles. The maximum absolute atomic E-state index is 13.3. The van der Waals surface area contributed by atoms with Gasteiger partial charge in [-0.1, -0.05) is 0 Å². The molecule has 2 amide bonds. The molecule has 0 saturated carbocycles. The van der Waals surface area contributed by atoms with Crippen molar-refractivity contribution in [2.75, 3.05) is 32.7 Å². The van der Waals surface area contributed by atoms with Crippen LogP contribution in [0.3, 0.4) is 0 Å². The number of likely N-dealkylation sites (N-methyl/N-ethyl adjacent to an activating group) is 2. The van der Waals surface area contributed by atoms with Crippen LogP contribution in [-0.4, -0.2) is 55.6 Å². The number of amides is 2. The average Bonchev–Trinajstić information content (AvgIpc) is 2.85. The molecule has 5 nitrogen and oxygen atoms in total. The lowest BCUT2D eigenvalue weighted by atomic mass is 9.84. The molecular weight excluding hydrogens is 275 g/mol. The molecule has 0 spiro atoms. The topological polar surface area (TPSA) is 61.4 Å². The first-order valence-electron chi connectivity index (χ1n) is 6.62. The smallest absolute Gasteiger partial charge is 0.355 e. The molecule has 116 valence electrons. The molecule has 20 heavy (non-hydrogen) atoms. The van der Waals surface area contributed by atoms with Gasteiger partial charge in [-0.3, -0.25) is 9.59 Å². The number of nitrogens with one attached hydrogen (secondary N) is 2. The quantitative estimate of drug-likeness (QED) is 0.777. The van der Waals surface area contributed by atoms with Crippen molar-refractivity contribution in [3.05, 3.63) is 0 Å². The first-order chi connectivity index (χ1) is 9.28. The standard InChI is InChI=1S/C12H20F3N3O2/c1-3-17-9(19)7-18(4-2)10(20)11(12(13,14)15)5-6-16-8-11/h16H,3-8H2,1-2H3,(H,17,19). The number of nitrogens with zero attached hydrogens (tertiary/aromatic N) is 1. The van der Waals surface area contributed by atoms with Gasteiger partial charge in [-0.25, -0.2) is 0 Å². The first-order valence-corrected chi connectivity index (χ1v) is 6.62. The number of carbonyl (C=O) groups is 2. The second-order valence-corrected chi connectivity index (χ2v) is 4.78. The monoisotopic (exact) mass is 295 g/mol. The molecule has 2 N–H and O–H groups in total. The summed E-state index contributed by atoms with van der Waals surface area (Å²) in [7, 11) is 0. The lowest BCUT2D eigenvalue weighted by Gasteiger charge is -2.34. The molecule has 1 unspecified atom stereocenters. The molecule has 0 aromatic rings. The molecule has 1 aliphatic rings. The lowest BCUT2D eigenvalue weighted by Crippen LogP contribution is -2.55. The summed E-state index contributed by atoms with van der Waals surface area (Å²) in [6.07, 6.45) is -4.91. The molecule has 0 radical (unpaired) electrons. The Bertz CT molecular complexity index is 365. The molecule has 8 heteroatoms. The minimum absolute atomic E-state index is 0.0633. The highest BCUT2D eigenvalue weighted by molar-refractivity contribution is 5.89. The maximum atomic E-state index is 13.3. The fourth-order valence-corrected chi connectivity index (χ4v) is 2.29. The van der Waals surface area contributed by atoms with E-state index in [9.17, 15) is 22.8 Å². The van der Waals surface area contributed by atoms with Gasteiger partial charge < -0.3 is 15.5 Å². The van der Waals surface area contributed by atoms with Gasteiger partial charge in [-0.2, -0.15) is 13.2 Å². The van der Waals surface area contributed by atoms with Gasteiger partial charge in [-0.05, 0) is 26.8 Å². The molecule has 0 bridgehead atoms. The molecule has 1 saturated heterocycles. The van der Waals surface area contributed by atoms with Crippen molar-refractivity contribution < 1.29 is 22.8 Å². The Balaban J connectivity index is 2.90. The van der Waals surface area contributed by atoms with Crippen LogP contribution in [0, 0.1) is 5.41 Å². The number of hydrogen-bond acceptors (Lipinski definition) is 3. The molecule has 1 rings (SSSR count). The van der Waals surface area contributed by atoms with Crippen molar-refractivity contribution in [1.29, 1.82) is 0 Å². The highest BCUT2D eigenvalue weighted by Crippen LogP contribution is 2.44. The third kappa shape index (κ3) is 3.23. The Morgan fingerprint density at radius 2 is 2.00 bits per heavy atom. The lowest BCUT2D eigenvalue weighted by molar-refractivity contribution is -0.221. The predicted octanol–water partition coefficient (Wildman–Crippen LogP) is 0.513. The van der Waals surface area contributed by atoms with Crippen LogP contribution < -0.4 is 10.6 Å². The van der Waals surface area contributed by atoms with Crippen LogP contribution in [0.2, 0.25) is 0 Å². The van der Waals surface area contributed by atoms with Crippen LogP contribution in [0.4, 0.5) is 13.2 Å². The Kier molecular flexibility index (Phi) is 5.38. The zero-order valence-electron chi connectivity index (χ0n) is 11.6. The van der Waals surface area contributed by atoms with Crippen molar-refractivity contribution in [3.8, 4) is 0 Å². The number of halogens is 3. The molecule has 1 atom stereocenters. The number of carbonyl (C=O) groups excluding carboxylic acids is 2. The Morgan fingerprint density at radius 1 is 1.35 bits per heavy atom. The Labute approximate surface area is 115 Å². The summed E-state index contributed by atoms with van der Waals surface area (Å²) in [5.74, 6) is -1.48. The van der Waals surface area contributed by atoms with E-state index in [2.05, 4.69) is 10.6 Å². The van der Waals surface area contributed by atoms with Crippen LogP contribution in [0.5, 0.6) is 0 Å². The predicted molar refractivity (Wildman–Crippen MR) is 66.9 cm³/mol. The molecule has 0 aromatic carbocycles. The van der Waals surface area contributed by atoms with E-state index in [1.165, 1.54) is 0 Å². The van der Waals surface area contributed by atoms with Crippen molar-refractivity contribution in [3.63, 3.8) is 0 Å². The third-order valence-corrected chi connectivity index (χ3v) is 3.48. The number of alkyl halides is 3. The summed E-state index contributed by atoms with van der Waals surface area (Å²) < 4.78 is 39.8. The molecule has 1 aliphatic heterocycles. The normalized spacial score (nSPS) is 22.6. The summed E-state index contributed by atoms with van der Waals surface area (Å²) in [4.78, 5) is 24.7. The van der Waals surface area contributed by atoms with Crippen molar-refractivity contribution in [1.82, 2.24) is 15.5 Å². The summed E-state index contributed by atoms with van der Waals surface area (Å²) in [5, 5.41) is 5.07. The molecular formula is C12H20F3N3O2. The van der Waals surface area contributed by atoms with Crippen LogP contribution >= 0.6 is 0 Å². The van der Waals surface area contributed by atoms with E-state index in [1.807, 2.05) is 0 Å². The van der Waals surface area contributed by atoms with Gasteiger partial charge in [0.2, 0.25) is 11.8 Å². The van der Waals surface area contributed by atoms with E-state index in [0.29, 0.717) is 6.54 Å². The minimum Gasteiger partial charge on any atom is -0.355 e. The van der Waals surface area contributed by atoms with Crippen molar-refractivity contribution >= 4 is 11.8 Å². The van der Waals surface area contributed by atoms with Crippen LogP contribution in [0.25, 0.3) is 0 Å². The van der Waals surface area contributed by atoms with Crippen LogP contribution in [0.15, 0.2) is 0 Å². The fraction of sp³-hybridized carbons (Fsp3) is 0.833. The van der Waals surface area contributed by atoms with Gasteiger partial charge in [0.1, 0.15) is 0 Å². The summed E-state index contributed by atoms with van der Waals surface area (Å²) in [6, 6.07) is 0. The van der Waals surface area contributed by atoms with E-state index in [0.717, 1.165) is 4.90 Å². The largest absolute Gasteiger partial charge is 0.404 e. The van der Waals surface area contributed by atoms with Gasteiger partial charge in [0.15, 0.2) is 5.41 Å². The minimum atomic E-state index is -4.62. The highest BCUT2D eigenvalue weighted by atomic mass is 19.4.